The van der Waals surface area contributed by atoms with Crippen molar-refractivity contribution >= 4 is 0 Å². The monoisotopic (exact) mass is 318 g/mol. The molecule has 0 radical (unpaired) electrons. The Hall–Kier alpha value is -2.74. The lowest BCUT2D eigenvalue weighted by Crippen LogP contribution is -1.94. The summed E-state index contributed by atoms with van der Waals surface area (Å²) in [7, 11) is 1.65. The molecule has 3 aromatic carbocycles. The van der Waals surface area contributed by atoms with Gasteiger partial charge in [-0.3, -0.25) is 0 Å². The Bertz CT molecular complexity index is 837. The summed E-state index contributed by atoms with van der Waals surface area (Å²) >= 11 is 0. The van der Waals surface area contributed by atoms with E-state index in [-0.39, 0.29) is 0 Å². The minimum absolute atomic E-state index is 0.726. The smallest absolute Gasteiger partial charge is 0.169 e. The maximum Gasteiger partial charge on any atom is 0.169 e. The van der Waals surface area contributed by atoms with E-state index in [4.69, 9.17) is 9.47 Å². The number of aryl methyl sites for hydroxylation is 2. The minimum Gasteiger partial charge on any atom is -0.493 e. The van der Waals surface area contributed by atoms with Crippen molar-refractivity contribution in [1.82, 2.24) is 0 Å². The molecule has 24 heavy (non-hydrogen) atoms. The second kappa shape index (κ2) is 7.22. The van der Waals surface area contributed by atoms with Gasteiger partial charge in [-0.15, -0.1) is 0 Å². The van der Waals surface area contributed by atoms with Crippen molar-refractivity contribution in [2.24, 2.45) is 0 Å². The third-order valence-electron chi connectivity index (χ3n) is 4.09. The first kappa shape index (κ1) is 16.1. The van der Waals surface area contributed by atoms with E-state index in [2.05, 4.69) is 44.2 Å². The number of benzene rings is 3. The molecule has 0 aliphatic heterocycles. The molecule has 122 valence electrons. The number of methoxy groups -OCH3 is 1. The minimum atomic E-state index is 0.726. The first-order chi connectivity index (χ1) is 11.7. The van der Waals surface area contributed by atoms with Crippen molar-refractivity contribution < 1.29 is 9.47 Å². The first-order valence-corrected chi connectivity index (χ1v) is 8.11. The zero-order valence-electron chi connectivity index (χ0n) is 14.4. The molecular weight excluding hydrogens is 296 g/mol. The molecule has 2 heteroatoms. The number of hydrogen-bond acceptors (Lipinski definition) is 2. The molecule has 2 nitrogen and oxygen atoms in total. The van der Waals surface area contributed by atoms with Crippen molar-refractivity contribution in [1.29, 1.82) is 0 Å². The van der Waals surface area contributed by atoms with E-state index in [9.17, 15) is 0 Å². The van der Waals surface area contributed by atoms with Crippen LogP contribution in [0.1, 0.15) is 22.3 Å². The molecule has 0 atom stereocenters. The van der Waals surface area contributed by atoms with Gasteiger partial charge in [-0.25, -0.2) is 0 Å². The largest absolute Gasteiger partial charge is 0.493 e. The van der Waals surface area contributed by atoms with Gasteiger partial charge >= 0.3 is 0 Å². The SMILES string of the molecule is COc1ccccc1Oc1cccc(Cc2ccc(C)cc2C)c1. The standard InChI is InChI=1S/C22H22O2/c1-16-11-12-19(17(2)13-16)14-18-7-6-8-20(15-18)24-22-10-5-4-9-21(22)23-3/h4-13,15H,14H2,1-3H3. The lowest BCUT2D eigenvalue weighted by atomic mass is 9.99. The Morgan fingerprint density at radius 3 is 2.33 bits per heavy atom. The summed E-state index contributed by atoms with van der Waals surface area (Å²) in [6.45, 7) is 4.29. The van der Waals surface area contributed by atoms with Gasteiger partial charge in [0, 0.05) is 0 Å². The quantitative estimate of drug-likeness (QED) is 0.601. The maximum absolute atomic E-state index is 6.00. The topological polar surface area (TPSA) is 18.5 Å². The summed E-state index contributed by atoms with van der Waals surface area (Å²) in [4.78, 5) is 0. The predicted octanol–water partition coefficient (Wildman–Crippen LogP) is 5.70. The molecule has 0 unspecified atom stereocenters. The molecule has 0 spiro atoms. The van der Waals surface area contributed by atoms with Gasteiger partial charge in [0.1, 0.15) is 5.75 Å². The molecule has 0 saturated carbocycles. The Kier molecular flexibility index (Phi) is 4.85. The van der Waals surface area contributed by atoms with Gasteiger partial charge in [-0.05, 0) is 61.2 Å². The number of ether oxygens (including phenoxy) is 2. The summed E-state index contributed by atoms with van der Waals surface area (Å²) in [5.41, 5.74) is 5.19. The molecule has 0 fully saturated rings. The summed E-state index contributed by atoms with van der Waals surface area (Å²) in [6.07, 6.45) is 0.898. The lowest BCUT2D eigenvalue weighted by molar-refractivity contribution is 0.379. The molecule has 0 aliphatic carbocycles. The zero-order chi connectivity index (χ0) is 16.9. The fourth-order valence-electron chi connectivity index (χ4n) is 2.81. The van der Waals surface area contributed by atoms with Crippen LogP contribution in [0.3, 0.4) is 0 Å². The highest BCUT2D eigenvalue weighted by Gasteiger charge is 2.06. The van der Waals surface area contributed by atoms with Crippen LogP contribution in [0.5, 0.6) is 17.2 Å². The van der Waals surface area contributed by atoms with Gasteiger partial charge in [0.2, 0.25) is 0 Å². The number of hydrogen-bond donors (Lipinski definition) is 0. The highest BCUT2D eigenvalue weighted by molar-refractivity contribution is 5.44. The fourth-order valence-corrected chi connectivity index (χ4v) is 2.81. The normalized spacial score (nSPS) is 10.5. The second-order valence-electron chi connectivity index (χ2n) is 6.01. The van der Waals surface area contributed by atoms with E-state index in [0.29, 0.717) is 0 Å². The van der Waals surface area contributed by atoms with Crippen LogP contribution in [-0.2, 0) is 6.42 Å². The third kappa shape index (κ3) is 3.77. The van der Waals surface area contributed by atoms with Crippen LogP contribution < -0.4 is 9.47 Å². The van der Waals surface area contributed by atoms with Crippen LogP contribution in [0.4, 0.5) is 0 Å². The van der Waals surface area contributed by atoms with Crippen LogP contribution in [0.15, 0.2) is 66.7 Å². The molecule has 3 aromatic rings. The first-order valence-electron chi connectivity index (χ1n) is 8.11. The third-order valence-corrected chi connectivity index (χ3v) is 4.09. The van der Waals surface area contributed by atoms with Gasteiger partial charge in [0.05, 0.1) is 7.11 Å². The Labute approximate surface area is 143 Å². The Balaban J connectivity index is 1.81. The van der Waals surface area contributed by atoms with Crippen molar-refractivity contribution in [3.63, 3.8) is 0 Å². The Morgan fingerprint density at radius 2 is 1.58 bits per heavy atom. The molecule has 0 heterocycles. The molecule has 0 bridgehead atoms. The molecule has 0 aromatic heterocycles. The number of rotatable bonds is 5. The molecule has 0 aliphatic rings. The fraction of sp³-hybridized carbons (Fsp3) is 0.182. The Morgan fingerprint density at radius 1 is 0.792 bits per heavy atom. The van der Waals surface area contributed by atoms with Gasteiger partial charge in [0.15, 0.2) is 11.5 Å². The van der Waals surface area contributed by atoms with Crippen LogP contribution >= 0.6 is 0 Å². The van der Waals surface area contributed by atoms with Crippen molar-refractivity contribution in [3.05, 3.63) is 89.0 Å². The van der Waals surface area contributed by atoms with Crippen molar-refractivity contribution in [2.75, 3.05) is 7.11 Å². The second-order valence-corrected chi connectivity index (χ2v) is 6.01. The maximum atomic E-state index is 6.00. The van der Waals surface area contributed by atoms with Crippen LogP contribution in [0, 0.1) is 13.8 Å². The van der Waals surface area contributed by atoms with Gasteiger partial charge < -0.3 is 9.47 Å². The van der Waals surface area contributed by atoms with Gasteiger partial charge in [-0.1, -0.05) is 48.0 Å². The molecule has 0 amide bonds. The average Bonchev–Trinajstić information content (AvgIpc) is 2.58. The lowest BCUT2D eigenvalue weighted by Gasteiger charge is -2.12. The molecule has 0 N–H and O–H groups in total. The molecule has 0 saturated heterocycles. The molecule has 3 rings (SSSR count). The summed E-state index contributed by atoms with van der Waals surface area (Å²) in [5, 5.41) is 0. The zero-order valence-corrected chi connectivity index (χ0v) is 14.4. The summed E-state index contributed by atoms with van der Waals surface area (Å²) < 4.78 is 11.3. The van der Waals surface area contributed by atoms with Crippen molar-refractivity contribution in [3.8, 4) is 17.2 Å². The van der Waals surface area contributed by atoms with Gasteiger partial charge in [0.25, 0.3) is 0 Å². The molecular formula is C22H22O2. The average molecular weight is 318 g/mol. The highest BCUT2D eigenvalue weighted by Crippen LogP contribution is 2.31. The highest BCUT2D eigenvalue weighted by atomic mass is 16.5. The van der Waals surface area contributed by atoms with Crippen LogP contribution in [0.25, 0.3) is 0 Å². The van der Waals surface area contributed by atoms with E-state index in [1.54, 1.807) is 7.11 Å². The summed E-state index contributed by atoms with van der Waals surface area (Å²) in [5.74, 6) is 2.28. The van der Waals surface area contributed by atoms with Crippen molar-refractivity contribution in [2.45, 2.75) is 20.3 Å². The van der Waals surface area contributed by atoms with E-state index < -0.39 is 0 Å². The number of para-hydroxylation sites is 2. The van der Waals surface area contributed by atoms with Crippen LogP contribution in [0.2, 0.25) is 0 Å². The van der Waals surface area contributed by atoms with E-state index in [0.717, 1.165) is 23.7 Å². The van der Waals surface area contributed by atoms with Crippen LogP contribution in [-0.4, -0.2) is 7.11 Å². The van der Waals surface area contributed by atoms with E-state index in [1.807, 2.05) is 36.4 Å². The van der Waals surface area contributed by atoms with Gasteiger partial charge in [-0.2, -0.15) is 0 Å². The van der Waals surface area contributed by atoms with E-state index in [1.165, 1.54) is 22.3 Å². The predicted molar refractivity (Wildman–Crippen MR) is 98.2 cm³/mol. The van der Waals surface area contributed by atoms with E-state index >= 15 is 0 Å². The summed E-state index contributed by atoms with van der Waals surface area (Å²) in [6, 6.07) is 22.5.